The summed E-state index contributed by atoms with van der Waals surface area (Å²) in [5, 5.41) is 0. The van der Waals surface area contributed by atoms with E-state index in [1.165, 1.54) is 11.1 Å². The summed E-state index contributed by atoms with van der Waals surface area (Å²) in [5.74, 6) is 0. The summed E-state index contributed by atoms with van der Waals surface area (Å²) in [4.78, 5) is 0. The fourth-order valence-corrected chi connectivity index (χ4v) is 0.881. The van der Waals surface area contributed by atoms with Crippen molar-refractivity contribution in [2.24, 2.45) is 0 Å². The van der Waals surface area contributed by atoms with Gasteiger partial charge >= 0.3 is 0 Å². The van der Waals surface area contributed by atoms with Crippen molar-refractivity contribution in [3.63, 3.8) is 0 Å². The van der Waals surface area contributed by atoms with Gasteiger partial charge in [0.2, 0.25) is 0 Å². The van der Waals surface area contributed by atoms with Gasteiger partial charge in [-0.05, 0) is 32.8 Å². The molecule has 0 aliphatic carbocycles. The first-order valence-electron chi connectivity index (χ1n) is 4.07. The zero-order valence-electron chi connectivity index (χ0n) is 8.07. The smallest absolute Gasteiger partial charge is 0.0308 e. The van der Waals surface area contributed by atoms with E-state index in [1.54, 1.807) is 0 Å². The molecule has 0 radical (unpaired) electrons. The van der Waals surface area contributed by atoms with Crippen LogP contribution in [0.1, 0.15) is 34.1 Å². The number of allylic oxidation sites excluding steroid dienone is 5. The Balaban J connectivity index is 4.33. The molecular formula is C11H18. The van der Waals surface area contributed by atoms with Crippen LogP contribution in [0.15, 0.2) is 35.5 Å². The fourth-order valence-electron chi connectivity index (χ4n) is 0.881. The minimum absolute atomic E-state index is 1.10. The van der Waals surface area contributed by atoms with E-state index in [1.807, 2.05) is 6.92 Å². The summed E-state index contributed by atoms with van der Waals surface area (Å²) in [6.07, 6.45) is 5.32. The predicted octanol–water partition coefficient (Wildman–Crippen LogP) is 3.87. The van der Waals surface area contributed by atoms with Crippen LogP contribution in [0.25, 0.3) is 0 Å². The van der Waals surface area contributed by atoms with Gasteiger partial charge in [-0.15, -0.1) is 0 Å². The molecule has 0 heterocycles. The van der Waals surface area contributed by atoms with Gasteiger partial charge in [0.1, 0.15) is 0 Å². The molecule has 0 atom stereocenters. The van der Waals surface area contributed by atoms with Gasteiger partial charge in [0.05, 0.1) is 0 Å². The molecule has 62 valence electrons. The molecule has 0 heteroatoms. The Bertz CT molecular complexity index is 188. The quantitative estimate of drug-likeness (QED) is 0.536. The highest BCUT2D eigenvalue weighted by molar-refractivity contribution is 5.27. The SMILES string of the molecule is C=C(C)/C=C\C(CC)=C(C)C. The maximum Gasteiger partial charge on any atom is -0.0308 e. The van der Waals surface area contributed by atoms with Gasteiger partial charge in [-0.1, -0.05) is 36.8 Å². The second-order valence-corrected chi connectivity index (χ2v) is 3.06. The van der Waals surface area contributed by atoms with E-state index in [0.29, 0.717) is 0 Å². The third-order valence-corrected chi connectivity index (χ3v) is 1.59. The molecule has 0 bridgehead atoms. The first-order chi connectivity index (χ1) is 5.07. The first kappa shape index (κ1) is 10.2. The van der Waals surface area contributed by atoms with Crippen LogP contribution in [0.3, 0.4) is 0 Å². The molecule has 0 N–H and O–H groups in total. The maximum atomic E-state index is 3.81. The number of rotatable bonds is 3. The van der Waals surface area contributed by atoms with E-state index in [4.69, 9.17) is 0 Å². The van der Waals surface area contributed by atoms with Crippen LogP contribution in [0.2, 0.25) is 0 Å². The lowest BCUT2D eigenvalue weighted by molar-refractivity contribution is 1.10. The van der Waals surface area contributed by atoms with E-state index >= 15 is 0 Å². The van der Waals surface area contributed by atoms with Crippen molar-refractivity contribution in [2.45, 2.75) is 34.1 Å². The second-order valence-electron chi connectivity index (χ2n) is 3.06. The van der Waals surface area contributed by atoms with E-state index in [-0.39, 0.29) is 0 Å². The molecule has 0 spiro atoms. The zero-order chi connectivity index (χ0) is 8.85. The molecule has 0 fully saturated rings. The Hall–Kier alpha value is -0.780. The fraction of sp³-hybridized carbons (Fsp3) is 0.455. The molecule has 0 unspecified atom stereocenters. The van der Waals surface area contributed by atoms with Crippen molar-refractivity contribution in [3.8, 4) is 0 Å². The van der Waals surface area contributed by atoms with Crippen LogP contribution in [0.5, 0.6) is 0 Å². The standard InChI is InChI=1S/C11H18/c1-6-11(10(4)5)8-7-9(2)3/h7-8H,2,6H2,1,3-5H3/b8-7-. The zero-order valence-corrected chi connectivity index (χ0v) is 8.07. The molecule has 0 aromatic rings. The third-order valence-electron chi connectivity index (χ3n) is 1.59. The highest BCUT2D eigenvalue weighted by Crippen LogP contribution is 2.09. The summed E-state index contributed by atoms with van der Waals surface area (Å²) in [7, 11) is 0. The second kappa shape index (κ2) is 4.95. The van der Waals surface area contributed by atoms with Crippen LogP contribution in [0, 0.1) is 0 Å². The minimum atomic E-state index is 1.10. The molecule has 0 rings (SSSR count). The van der Waals surface area contributed by atoms with Gasteiger partial charge in [0.25, 0.3) is 0 Å². The van der Waals surface area contributed by atoms with Crippen LogP contribution >= 0.6 is 0 Å². The Morgan fingerprint density at radius 1 is 1.18 bits per heavy atom. The Morgan fingerprint density at radius 3 is 2.00 bits per heavy atom. The van der Waals surface area contributed by atoms with E-state index in [2.05, 4.69) is 39.5 Å². The normalized spacial score (nSPS) is 10.2. The third kappa shape index (κ3) is 4.60. The average molecular weight is 150 g/mol. The predicted molar refractivity (Wildman–Crippen MR) is 52.6 cm³/mol. The monoisotopic (exact) mass is 150 g/mol. The van der Waals surface area contributed by atoms with E-state index in [0.717, 1.165) is 12.0 Å². The van der Waals surface area contributed by atoms with Gasteiger partial charge in [-0.2, -0.15) is 0 Å². The van der Waals surface area contributed by atoms with Crippen molar-refractivity contribution in [1.82, 2.24) is 0 Å². The van der Waals surface area contributed by atoms with Crippen molar-refractivity contribution in [1.29, 1.82) is 0 Å². The molecule has 0 aliphatic rings. The maximum absolute atomic E-state index is 3.81. The molecule has 0 aromatic heterocycles. The molecule has 0 saturated heterocycles. The van der Waals surface area contributed by atoms with Crippen LogP contribution < -0.4 is 0 Å². The summed E-state index contributed by atoms with van der Waals surface area (Å²) in [6.45, 7) is 12.3. The topological polar surface area (TPSA) is 0 Å². The van der Waals surface area contributed by atoms with Crippen LogP contribution in [-0.2, 0) is 0 Å². The minimum Gasteiger partial charge on any atom is -0.0961 e. The Labute approximate surface area is 70.3 Å². The molecule has 0 aromatic carbocycles. The highest BCUT2D eigenvalue weighted by atomic mass is 14.0. The molecule has 0 amide bonds. The van der Waals surface area contributed by atoms with Gasteiger partial charge in [-0.3, -0.25) is 0 Å². The van der Waals surface area contributed by atoms with Gasteiger partial charge in [0.15, 0.2) is 0 Å². The lowest BCUT2D eigenvalue weighted by Crippen LogP contribution is -1.78. The lowest BCUT2D eigenvalue weighted by Gasteiger charge is -1.99. The summed E-state index contributed by atoms with van der Waals surface area (Å²) < 4.78 is 0. The van der Waals surface area contributed by atoms with Gasteiger partial charge in [0, 0.05) is 0 Å². The first-order valence-corrected chi connectivity index (χ1v) is 4.07. The van der Waals surface area contributed by atoms with Crippen LogP contribution in [0.4, 0.5) is 0 Å². The highest BCUT2D eigenvalue weighted by Gasteiger charge is 1.89. The lowest BCUT2D eigenvalue weighted by atomic mass is 10.1. The number of hydrogen-bond donors (Lipinski definition) is 0. The summed E-state index contributed by atoms with van der Waals surface area (Å²) in [6, 6.07) is 0. The molecule has 0 nitrogen and oxygen atoms in total. The van der Waals surface area contributed by atoms with Crippen molar-refractivity contribution in [2.75, 3.05) is 0 Å². The van der Waals surface area contributed by atoms with Crippen molar-refractivity contribution in [3.05, 3.63) is 35.5 Å². The summed E-state index contributed by atoms with van der Waals surface area (Å²) >= 11 is 0. The molecule has 0 aliphatic heterocycles. The molecule has 11 heavy (non-hydrogen) atoms. The largest absolute Gasteiger partial charge is 0.0961 e. The van der Waals surface area contributed by atoms with Crippen molar-refractivity contribution < 1.29 is 0 Å². The molecular weight excluding hydrogens is 132 g/mol. The number of hydrogen-bond acceptors (Lipinski definition) is 0. The van der Waals surface area contributed by atoms with E-state index < -0.39 is 0 Å². The average Bonchev–Trinajstić information content (AvgIpc) is 1.87. The summed E-state index contributed by atoms with van der Waals surface area (Å²) in [5.41, 5.74) is 3.91. The Morgan fingerprint density at radius 2 is 1.73 bits per heavy atom. The van der Waals surface area contributed by atoms with Gasteiger partial charge in [-0.25, -0.2) is 0 Å². The Kier molecular flexibility index (Phi) is 4.60. The van der Waals surface area contributed by atoms with Crippen molar-refractivity contribution >= 4 is 0 Å². The van der Waals surface area contributed by atoms with Gasteiger partial charge < -0.3 is 0 Å². The molecule has 0 saturated carbocycles. The van der Waals surface area contributed by atoms with Crippen LogP contribution in [-0.4, -0.2) is 0 Å². The van der Waals surface area contributed by atoms with E-state index in [9.17, 15) is 0 Å².